The van der Waals surface area contributed by atoms with Crippen LogP contribution < -0.4 is 15.8 Å². The van der Waals surface area contributed by atoms with Gasteiger partial charge in [-0.1, -0.05) is 12.1 Å². The number of amides is 1. The Morgan fingerprint density at radius 2 is 1.91 bits per heavy atom. The van der Waals surface area contributed by atoms with Crippen molar-refractivity contribution in [1.82, 2.24) is 30.0 Å². The highest BCUT2D eigenvalue weighted by atomic mass is 16.1. The fourth-order valence-corrected chi connectivity index (χ4v) is 4.66. The molecule has 1 amide bonds. The number of hydrogen-bond acceptors (Lipinski definition) is 6. The predicted molar refractivity (Wildman–Crippen MR) is 129 cm³/mol. The molecule has 0 atom stereocenters. The molecule has 3 aromatic heterocycles. The molecule has 0 aliphatic carbocycles. The molecule has 5 rings (SSSR count). The third-order valence-corrected chi connectivity index (χ3v) is 6.41. The van der Waals surface area contributed by atoms with Gasteiger partial charge in [0.2, 0.25) is 0 Å². The van der Waals surface area contributed by atoms with Crippen LogP contribution in [0.1, 0.15) is 21.7 Å². The number of nitrogens with zero attached hydrogens (tertiary/aromatic N) is 5. The minimum Gasteiger partial charge on any atom is -0.368 e. The number of benzene rings is 1. The molecule has 1 aliphatic rings. The summed E-state index contributed by atoms with van der Waals surface area (Å²) in [5.74, 6) is -0.171. The fourth-order valence-electron chi connectivity index (χ4n) is 4.66. The summed E-state index contributed by atoms with van der Waals surface area (Å²) >= 11 is 0. The molecule has 0 bridgehead atoms. The number of rotatable bonds is 4. The van der Waals surface area contributed by atoms with Crippen molar-refractivity contribution in [2.75, 3.05) is 38.1 Å². The minimum atomic E-state index is -0.171. The smallest absolute Gasteiger partial charge is 0.274 e. The summed E-state index contributed by atoms with van der Waals surface area (Å²) in [7, 11) is 3.39. The maximum absolute atomic E-state index is 12.5. The highest BCUT2D eigenvalue weighted by Crippen LogP contribution is 2.24. The van der Waals surface area contributed by atoms with Gasteiger partial charge >= 0.3 is 0 Å². The Balaban J connectivity index is 1.29. The number of pyridine rings is 2. The number of hydrogen-bond donors (Lipinski definition) is 2. The number of aromatic amines is 1. The number of H-pyrrole nitrogens is 1. The molecule has 170 valence electrons. The molecule has 4 aromatic rings. The Hall–Kier alpha value is -3.72. The Kier molecular flexibility index (Phi) is 5.33. The zero-order valence-electron chi connectivity index (χ0n) is 19.1. The molecule has 1 fully saturated rings. The quantitative estimate of drug-likeness (QED) is 0.497. The summed E-state index contributed by atoms with van der Waals surface area (Å²) in [6.07, 6.45) is 1.75. The molecule has 1 saturated heterocycles. The van der Waals surface area contributed by atoms with Gasteiger partial charge in [0.25, 0.3) is 11.5 Å². The zero-order chi connectivity index (χ0) is 23.1. The van der Waals surface area contributed by atoms with Crippen LogP contribution in [-0.4, -0.2) is 63.8 Å². The van der Waals surface area contributed by atoms with Crippen LogP contribution >= 0.6 is 0 Å². The van der Waals surface area contributed by atoms with Crippen LogP contribution in [0.5, 0.6) is 0 Å². The van der Waals surface area contributed by atoms with Crippen LogP contribution in [0.15, 0.2) is 41.3 Å². The number of carbonyl (C=O) groups is 1. The summed E-state index contributed by atoms with van der Waals surface area (Å²) in [6, 6.07) is 10.0. The van der Waals surface area contributed by atoms with Crippen LogP contribution in [-0.2, 0) is 13.6 Å². The van der Waals surface area contributed by atoms with E-state index >= 15 is 0 Å². The largest absolute Gasteiger partial charge is 0.368 e. The first-order valence-electron chi connectivity index (χ1n) is 11.1. The van der Waals surface area contributed by atoms with Crippen molar-refractivity contribution in [3.05, 3.63) is 63.8 Å². The molecule has 1 aliphatic heterocycles. The number of aromatic nitrogens is 4. The second-order valence-electron chi connectivity index (χ2n) is 8.51. The van der Waals surface area contributed by atoms with Crippen molar-refractivity contribution in [2.45, 2.75) is 13.5 Å². The standard InChI is InChI=1S/C24H27N7O2/c1-15-21(7-6-19(27-15)23(32)25-2)31-10-8-30(9-11-31)14-16-4-5-17-18-13-26-29(3)22(18)24(33)28-20(17)12-16/h4-7,12-13H,8-11,14H2,1-3H3,(H,25,32)(H,28,33). The van der Waals surface area contributed by atoms with Gasteiger partial charge in [-0.3, -0.25) is 19.2 Å². The first kappa shape index (κ1) is 21.1. The van der Waals surface area contributed by atoms with Crippen LogP contribution in [0.3, 0.4) is 0 Å². The van der Waals surface area contributed by atoms with Crippen LogP contribution in [0.4, 0.5) is 5.69 Å². The molecule has 2 N–H and O–H groups in total. The third kappa shape index (κ3) is 3.84. The van der Waals surface area contributed by atoms with Crippen LogP contribution in [0, 0.1) is 6.92 Å². The second kappa shape index (κ2) is 8.32. The van der Waals surface area contributed by atoms with Gasteiger partial charge in [0.05, 0.1) is 17.6 Å². The van der Waals surface area contributed by atoms with Crippen molar-refractivity contribution in [2.24, 2.45) is 7.05 Å². The van der Waals surface area contributed by atoms with E-state index in [2.05, 4.69) is 48.4 Å². The van der Waals surface area contributed by atoms with E-state index in [0.29, 0.717) is 11.2 Å². The number of carbonyl (C=O) groups excluding carboxylic acids is 1. The first-order valence-corrected chi connectivity index (χ1v) is 11.1. The molecular formula is C24H27N7O2. The van der Waals surface area contributed by atoms with Gasteiger partial charge in [-0.05, 0) is 30.7 Å². The Morgan fingerprint density at radius 3 is 2.64 bits per heavy atom. The second-order valence-corrected chi connectivity index (χ2v) is 8.51. The molecule has 33 heavy (non-hydrogen) atoms. The van der Waals surface area contributed by atoms with E-state index in [1.807, 2.05) is 13.0 Å². The molecular weight excluding hydrogens is 418 g/mol. The number of fused-ring (bicyclic) bond motifs is 3. The zero-order valence-corrected chi connectivity index (χ0v) is 19.1. The maximum Gasteiger partial charge on any atom is 0.274 e. The van der Waals surface area contributed by atoms with Gasteiger partial charge in [0.1, 0.15) is 11.2 Å². The number of nitrogens with one attached hydrogen (secondary N) is 2. The summed E-state index contributed by atoms with van der Waals surface area (Å²) in [6.45, 7) is 6.40. The van der Waals surface area contributed by atoms with Crippen LogP contribution in [0.2, 0.25) is 0 Å². The van der Waals surface area contributed by atoms with Crippen molar-refractivity contribution in [3.63, 3.8) is 0 Å². The third-order valence-electron chi connectivity index (χ3n) is 6.41. The molecule has 9 nitrogen and oxygen atoms in total. The Morgan fingerprint density at radius 1 is 1.12 bits per heavy atom. The highest BCUT2D eigenvalue weighted by Gasteiger charge is 2.20. The number of anilines is 1. The number of piperazine rings is 1. The minimum absolute atomic E-state index is 0.116. The van der Waals surface area contributed by atoms with Gasteiger partial charge in [0, 0.05) is 63.1 Å². The van der Waals surface area contributed by atoms with Gasteiger partial charge in [-0.2, -0.15) is 5.10 Å². The van der Waals surface area contributed by atoms with Crippen LogP contribution in [0.25, 0.3) is 21.8 Å². The van der Waals surface area contributed by atoms with Crippen molar-refractivity contribution >= 4 is 33.4 Å². The summed E-state index contributed by atoms with van der Waals surface area (Å²) in [5.41, 5.74) is 4.87. The van der Waals surface area contributed by atoms with E-state index in [0.717, 1.165) is 60.4 Å². The molecule has 4 heterocycles. The van der Waals surface area contributed by atoms with Gasteiger partial charge < -0.3 is 15.2 Å². The summed E-state index contributed by atoms with van der Waals surface area (Å²) in [4.78, 5) is 36.5. The lowest BCUT2D eigenvalue weighted by Crippen LogP contribution is -2.46. The molecule has 9 heteroatoms. The lowest BCUT2D eigenvalue weighted by molar-refractivity contribution is 0.0958. The van der Waals surface area contributed by atoms with Gasteiger partial charge in [-0.25, -0.2) is 4.98 Å². The lowest BCUT2D eigenvalue weighted by Gasteiger charge is -2.36. The monoisotopic (exact) mass is 445 g/mol. The lowest BCUT2D eigenvalue weighted by atomic mass is 10.1. The van der Waals surface area contributed by atoms with Gasteiger partial charge in [-0.15, -0.1) is 0 Å². The average Bonchev–Trinajstić information content (AvgIpc) is 3.21. The van der Waals surface area contributed by atoms with Crippen molar-refractivity contribution in [3.8, 4) is 0 Å². The maximum atomic E-state index is 12.5. The molecule has 0 radical (unpaired) electrons. The van der Waals surface area contributed by atoms with E-state index in [4.69, 9.17) is 0 Å². The molecule has 0 saturated carbocycles. The van der Waals surface area contributed by atoms with Crippen molar-refractivity contribution < 1.29 is 4.79 Å². The van der Waals surface area contributed by atoms with Crippen molar-refractivity contribution in [1.29, 1.82) is 0 Å². The van der Waals surface area contributed by atoms with E-state index in [1.165, 1.54) is 5.56 Å². The first-order chi connectivity index (χ1) is 15.9. The summed E-state index contributed by atoms with van der Waals surface area (Å²) in [5, 5.41) is 8.74. The topological polar surface area (TPSA) is 99.1 Å². The number of aryl methyl sites for hydroxylation is 2. The Bertz CT molecular complexity index is 1410. The van der Waals surface area contributed by atoms with E-state index < -0.39 is 0 Å². The predicted octanol–water partition coefficient (Wildman–Crippen LogP) is 1.80. The van der Waals surface area contributed by atoms with E-state index in [9.17, 15) is 9.59 Å². The molecule has 1 aromatic carbocycles. The van der Waals surface area contributed by atoms with E-state index in [1.54, 1.807) is 31.0 Å². The normalized spacial score (nSPS) is 14.8. The SMILES string of the molecule is CNC(=O)c1ccc(N2CCN(Cc3ccc4c(c3)[nH]c(=O)c3c4cnn3C)CC2)c(C)n1. The fraction of sp³-hybridized carbons (Fsp3) is 0.333. The Labute approximate surface area is 191 Å². The average molecular weight is 446 g/mol. The highest BCUT2D eigenvalue weighted by molar-refractivity contribution is 6.03. The summed E-state index contributed by atoms with van der Waals surface area (Å²) < 4.78 is 1.62. The molecule has 0 unspecified atom stereocenters. The van der Waals surface area contributed by atoms with E-state index in [-0.39, 0.29) is 11.5 Å². The molecule has 0 spiro atoms. The van der Waals surface area contributed by atoms with Gasteiger partial charge in [0.15, 0.2) is 0 Å².